The van der Waals surface area contributed by atoms with Gasteiger partial charge in [-0.2, -0.15) is 13.2 Å². The number of rotatable bonds is 3. The Morgan fingerprint density at radius 3 is 2.48 bits per heavy atom. The molecule has 1 aromatic rings. The highest BCUT2D eigenvalue weighted by atomic mass is 19.4. The van der Waals surface area contributed by atoms with Crippen LogP contribution in [0, 0.1) is 11.3 Å². The summed E-state index contributed by atoms with van der Waals surface area (Å²) in [4.78, 5) is 24.3. The van der Waals surface area contributed by atoms with Crippen molar-refractivity contribution < 1.29 is 18.0 Å². The number of nitrogens with two attached hydrogens (primary N) is 1. The number of alkyl halides is 3. The molecule has 0 unspecified atom stereocenters. The fourth-order valence-corrected chi connectivity index (χ4v) is 4.16. The molecule has 2 atom stereocenters. The highest BCUT2D eigenvalue weighted by molar-refractivity contribution is 5.83. The number of carbonyl (C=O) groups excluding carboxylic acids is 1. The summed E-state index contributed by atoms with van der Waals surface area (Å²) in [6, 6.07) is 0.912. The molecule has 1 aliphatic heterocycles. The molecule has 3 rings (SSSR count). The third kappa shape index (κ3) is 3.88. The van der Waals surface area contributed by atoms with Crippen LogP contribution in [0.25, 0.3) is 0 Å². The molecule has 2 fully saturated rings. The molecule has 0 radical (unpaired) electrons. The smallest absolute Gasteiger partial charge is 0.339 e. The topological polar surface area (TPSA) is 75.4 Å². The van der Waals surface area contributed by atoms with E-state index in [1.54, 1.807) is 4.90 Å². The molecule has 0 aromatic carbocycles. The summed E-state index contributed by atoms with van der Waals surface area (Å²) >= 11 is 0. The van der Waals surface area contributed by atoms with Crippen molar-refractivity contribution >= 4 is 11.9 Å². The van der Waals surface area contributed by atoms with Gasteiger partial charge in [0.25, 0.3) is 0 Å². The molecular formula is C18H26F3N5O. The van der Waals surface area contributed by atoms with Crippen LogP contribution in [-0.4, -0.2) is 53.0 Å². The van der Waals surface area contributed by atoms with E-state index in [1.165, 1.54) is 0 Å². The second-order valence-electron chi connectivity index (χ2n) is 7.83. The monoisotopic (exact) mass is 385 g/mol. The van der Waals surface area contributed by atoms with E-state index >= 15 is 0 Å². The standard InChI is InChI=1S/C18H26F3N5O/c1-12(2)17(5-3-13(22)11-17)15(27)25-7-9-26(10-8-25)16-23-6-4-14(24-16)18(19,20)21/h4,6,12-13H,3,5,7-11,22H2,1-2H3/t13-,17+/m1/s1. The minimum atomic E-state index is -4.50. The van der Waals surface area contributed by atoms with Gasteiger partial charge in [-0.05, 0) is 31.2 Å². The van der Waals surface area contributed by atoms with Crippen molar-refractivity contribution in [2.24, 2.45) is 17.1 Å². The maximum Gasteiger partial charge on any atom is 0.433 e. The highest BCUT2D eigenvalue weighted by Crippen LogP contribution is 2.45. The Kier molecular flexibility index (Phi) is 5.33. The summed E-state index contributed by atoms with van der Waals surface area (Å²) in [6.45, 7) is 5.83. The van der Waals surface area contributed by atoms with Crippen LogP contribution in [0.4, 0.5) is 19.1 Å². The van der Waals surface area contributed by atoms with Gasteiger partial charge in [0.15, 0.2) is 0 Å². The fourth-order valence-electron chi connectivity index (χ4n) is 4.16. The van der Waals surface area contributed by atoms with Crippen LogP contribution in [0.15, 0.2) is 12.3 Å². The summed E-state index contributed by atoms with van der Waals surface area (Å²) < 4.78 is 38.6. The molecule has 1 aromatic heterocycles. The van der Waals surface area contributed by atoms with Gasteiger partial charge in [0.05, 0.1) is 5.41 Å². The van der Waals surface area contributed by atoms with Crippen molar-refractivity contribution in [2.45, 2.75) is 45.3 Å². The normalized spacial score (nSPS) is 26.7. The highest BCUT2D eigenvalue weighted by Gasteiger charge is 2.48. The number of aromatic nitrogens is 2. The lowest BCUT2D eigenvalue weighted by Gasteiger charge is -2.41. The molecule has 2 heterocycles. The molecule has 1 amide bonds. The lowest BCUT2D eigenvalue weighted by atomic mass is 9.74. The molecule has 6 nitrogen and oxygen atoms in total. The third-order valence-corrected chi connectivity index (χ3v) is 5.90. The number of carbonyl (C=O) groups is 1. The van der Waals surface area contributed by atoms with E-state index in [9.17, 15) is 18.0 Å². The summed E-state index contributed by atoms with van der Waals surface area (Å²) in [6.07, 6.45) is -1.04. The first-order chi connectivity index (χ1) is 12.6. The van der Waals surface area contributed by atoms with E-state index < -0.39 is 17.3 Å². The number of anilines is 1. The van der Waals surface area contributed by atoms with Gasteiger partial charge in [-0.15, -0.1) is 0 Å². The summed E-state index contributed by atoms with van der Waals surface area (Å²) in [7, 11) is 0. The van der Waals surface area contributed by atoms with E-state index in [2.05, 4.69) is 23.8 Å². The number of halogens is 3. The first kappa shape index (κ1) is 19.9. The predicted molar refractivity (Wildman–Crippen MR) is 94.9 cm³/mol. The van der Waals surface area contributed by atoms with Crippen molar-refractivity contribution in [3.05, 3.63) is 18.0 Å². The zero-order chi connectivity index (χ0) is 19.8. The van der Waals surface area contributed by atoms with E-state index in [-0.39, 0.29) is 23.8 Å². The zero-order valence-electron chi connectivity index (χ0n) is 15.7. The molecule has 1 aliphatic carbocycles. The Bertz CT molecular complexity index is 688. The molecule has 9 heteroatoms. The molecular weight excluding hydrogens is 359 g/mol. The van der Waals surface area contributed by atoms with Crippen molar-refractivity contribution in [3.8, 4) is 0 Å². The SMILES string of the molecule is CC(C)[C@]1(C(=O)N2CCN(c3nccc(C(F)(F)F)n3)CC2)CC[C@@H](N)C1. The van der Waals surface area contributed by atoms with Gasteiger partial charge in [-0.3, -0.25) is 4.79 Å². The van der Waals surface area contributed by atoms with E-state index in [4.69, 9.17) is 5.73 Å². The maximum atomic E-state index is 13.2. The molecule has 2 N–H and O–H groups in total. The van der Waals surface area contributed by atoms with Crippen LogP contribution < -0.4 is 10.6 Å². The number of piperazine rings is 1. The second-order valence-corrected chi connectivity index (χ2v) is 7.83. The van der Waals surface area contributed by atoms with Gasteiger partial charge in [0, 0.05) is 38.4 Å². The molecule has 0 spiro atoms. The Labute approximate surface area is 156 Å². The quantitative estimate of drug-likeness (QED) is 0.864. The summed E-state index contributed by atoms with van der Waals surface area (Å²) in [5.74, 6) is 0.372. The lowest BCUT2D eigenvalue weighted by Crippen LogP contribution is -2.54. The number of hydrogen-bond acceptors (Lipinski definition) is 5. The van der Waals surface area contributed by atoms with Crippen molar-refractivity contribution in [2.75, 3.05) is 31.1 Å². The molecule has 150 valence electrons. The van der Waals surface area contributed by atoms with Crippen molar-refractivity contribution in [1.29, 1.82) is 0 Å². The Balaban J connectivity index is 1.68. The molecule has 0 bridgehead atoms. The van der Waals surface area contributed by atoms with Crippen LogP contribution in [-0.2, 0) is 11.0 Å². The van der Waals surface area contributed by atoms with Crippen LogP contribution in [0.1, 0.15) is 38.8 Å². The van der Waals surface area contributed by atoms with Gasteiger partial charge >= 0.3 is 6.18 Å². The average Bonchev–Trinajstić information content (AvgIpc) is 3.04. The van der Waals surface area contributed by atoms with Gasteiger partial charge in [-0.1, -0.05) is 13.8 Å². The van der Waals surface area contributed by atoms with Gasteiger partial charge in [0.2, 0.25) is 11.9 Å². The summed E-state index contributed by atoms with van der Waals surface area (Å²) in [5.41, 5.74) is 4.70. The molecule has 1 saturated heterocycles. The Hall–Kier alpha value is -1.90. The molecule has 2 aliphatic rings. The second kappa shape index (κ2) is 7.26. The van der Waals surface area contributed by atoms with E-state index in [1.807, 2.05) is 4.90 Å². The minimum absolute atomic E-state index is 0.0520. The minimum Gasteiger partial charge on any atom is -0.339 e. The average molecular weight is 385 g/mol. The Morgan fingerprint density at radius 1 is 1.30 bits per heavy atom. The van der Waals surface area contributed by atoms with Crippen molar-refractivity contribution in [3.63, 3.8) is 0 Å². The third-order valence-electron chi connectivity index (χ3n) is 5.90. The van der Waals surface area contributed by atoms with Crippen molar-refractivity contribution in [1.82, 2.24) is 14.9 Å². The maximum absolute atomic E-state index is 13.2. The first-order valence-corrected chi connectivity index (χ1v) is 9.33. The van der Waals surface area contributed by atoms with Crippen LogP contribution in [0.3, 0.4) is 0 Å². The van der Waals surface area contributed by atoms with Gasteiger partial charge in [0.1, 0.15) is 5.69 Å². The largest absolute Gasteiger partial charge is 0.433 e. The first-order valence-electron chi connectivity index (χ1n) is 9.33. The van der Waals surface area contributed by atoms with Gasteiger partial charge in [-0.25, -0.2) is 9.97 Å². The number of nitrogens with zero attached hydrogens (tertiary/aromatic N) is 4. The zero-order valence-corrected chi connectivity index (χ0v) is 15.7. The van der Waals surface area contributed by atoms with Crippen LogP contribution >= 0.6 is 0 Å². The fraction of sp³-hybridized carbons (Fsp3) is 0.722. The van der Waals surface area contributed by atoms with Crippen LogP contribution in [0.5, 0.6) is 0 Å². The summed E-state index contributed by atoms with van der Waals surface area (Å²) in [5, 5.41) is 0. The van der Waals surface area contributed by atoms with E-state index in [0.29, 0.717) is 32.6 Å². The number of hydrogen-bond donors (Lipinski definition) is 1. The predicted octanol–water partition coefficient (Wildman–Crippen LogP) is 2.30. The van der Waals surface area contributed by atoms with E-state index in [0.717, 1.165) is 25.1 Å². The lowest BCUT2D eigenvalue weighted by molar-refractivity contribution is -0.145. The number of amides is 1. The molecule has 27 heavy (non-hydrogen) atoms. The molecule has 1 saturated carbocycles. The van der Waals surface area contributed by atoms with Gasteiger partial charge < -0.3 is 15.5 Å². The Morgan fingerprint density at radius 2 is 1.96 bits per heavy atom. The van der Waals surface area contributed by atoms with Crippen LogP contribution in [0.2, 0.25) is 0 Å².